The molecular weight excluding hydrogens is 278 g/mol. The number of amides is 1. The Hall–Kier alpha value is -2.82. The highest BCUT2D eigenvalue weighted by molar-refractivity contribution is 5.88. The van der Waals surface area contributed by atoms with Gasteiger partial charge in [0, 0.05) is 0 Å². The van der Waals surface area contributed by atoms with Crippen molar-refractivity contribution in [2.24, 2.45) is 0 Å². The van der Waals surface area contributed by atoms with Crippen molar-refractivity contribution in [3.63, 3.8) is 0 Å². The zero-order chi connectivity index (χ0) is 15.4. The number of nitrogens with one attached hydrogen (secondary N) is 1. The number of fused-ring (bicyclic) bond motifs is 1. The van der Waals surface area contributed by atoms with E-state index in [2.05, 4.69) is 10.4 Å². The topological polar surface area (TPSA) is 56.1 Å². The number of nitrogens with zero attached hydrogens (tertiary/aromatic N) is 2. The predicted molar refractivity (Wildman–Crippen MR) is 85.4 cm³/mol. The van der Waals surface area contributed by atoms with Crippen LogP contribution in [0.25, 0.3) is 11.0 Å². The van der Waals surface area contributed by atoms with Gasteiger partial charge in [0.2, 0.25) is 5.91 Å². The van der Waals surface area contributed by atoms with E-state index in [1.807, 2.05) is 55.5 Å². The largest absolute Gasteiger partial charge is 0.494 e. The van der Waals surface area contributed by atoms with Gasteiger partial charge in [0.15, 0.2) is 0 Å². The Morgan fingerprint density at radius 1 is 1.18 bits per heavy atom. The van der Waals surface area contributed by atoms with Crippen LogP contribution in [0.2, 0.25) is 0 Å². The van der Waals surface area contributed by atoms with Crippen LogP contribution in [-0.2, 0) is 11.2 Å². The van der Waals surface area contributed by atoms with Gasteiger partial charge in [-0.1, -0.05) is 24.3 Å². The molecule has 0 aliphatic heterocycles. The van der Waals surface area contributed by atoms with Gasteiger partial charge in [-0.15, -0.1) is 0 Å². The fourth-order valence-electron chi connectivity index (χ4n) is 2.28. The van der Waals surface area contributed by atoms with Gasteiger partial charge in [0.25, 0.3) is 0 Å². The number of ether oxygens (including phenoxy) is 1. The number of benzene rings is 2. The molecule has 0 spiro atoms. The van der Waals surface area contributed by atoms with Crippen molar-refractivity contribution >= 4 is 16.9 Å². The Bertz CT molecular complexity index is 778. The molecule has 1 amide bonds. The van der Waals surface area contributed by atoms with Crippen molar-refractivity contribution in [3.05, 3.63) is 60.4 Å². The van der Waals surface area contributed by atoms with Crippen molar-refractivity contribution in [2.45, 2.75) is 13.3 Å². The number of carbonyl (C=O) groups excluding carboxylic acids is 1. The molecule has 0 aliphatic rings. The second kappa shape index (κ2) is 6.30. The maximum atomic E-state index is 12.1. The molecule has 1 aromatic heterocycles. The third-order valence-corrected chi connectivity index (χ3v) is 3.30. The molecule has 1 heterocycles. The van der Waals surface area contributed by atoms with Crippen LogP contribution in [0, 0.1) is 0 Å². The molecule has 0 fully saturated rings. The quantitative estimate of drug-likeness (QED) is 0.787. The van der Waals surface area contributed by atoms with Crippen LogP contribution < -0.4 is 10.2 Å². The first-order valence-corrected chi connectivity index (χ1v) is 7.20. The van der Waals surface area contributed by atoms with Gasteiger partial charge in [0.1, 0.15) is 12.1 Å². The van der Waals surface area contributed by atoms with Crippen LogP contribution in [0.15, 0.2) is 54.9 Å². The molecule has 22 heavy (non-hydrogen) atoms. The third kappa shape index (κ3) is 3.09. The molecule has 5 nitrogen and oxygen atoms in total. The average molecular weight is 295 g/mol. The van der Waals surface area contributed by atoms with Gasteiger partial charge in [-0.3, -0.25) is 10.2 Å². The van der Waals surface area contributed by atoms with E-state index in [0.29, 0.717) is 13.0 Å². The summed E-state index contributed by atoms with van der Waals surface area (Å²) in [6.07, 6.45) is 1.92. The average Bonchev–Trinajstić information content (AvgIpc) is 2.93. The van der Waals surface area contributed by atoms with E-state index in [1.54, 1.807) is 11.0 Å². The van der Waals surface area contributed by atoms with Crippen LogP contribution in [0.1, 0.15) is 12.5 Å². The Labute approximate surface area is 128 Å². The molecule has 0 radical (unpaired) electrons. The summed E-state index contributed by atoms with van der Waals surface area (Å²) in [5.41, 5.74) is 5.50. The second-order valence-electron chi connectivity index (χ2n) is 4.89. The molecule has 0 bridgehead atoms. The first kappa shape index (κ1) is 14.1. The van der Waals surface area contributed by atoms with E-state index < -0.39 is 0 Å². The van der Waals surface area contributed by atoms with Gasteiger partial charge in [-0.25, -0.2) is 9.66 Å². The Morgan fingerprint density at radius 2 is 1.95 bits per heavy atom. The van der Waals surface area contributed by atoms with Gasteiger partial charge in [-0.05, 0) is 36.8 Å². The number of hydrogen-bond donors (Lipinski definition) is 1. The highest BCUT2D eigenvalue weighted by atomic mass is 16.5. The monoisotopic (exact) mass is 295 g/mol. The second-order valence-corrected chi connectivity index (χ2v) is 4.89. The molecule has 112 valence electrons. The molecule has 0 saturated carbocycles. The van der Waals surface area contributed by atoms with Crippen molar-refractivity contribution in [3.8, 4) is 5.75 Å². The summed E-state index contributed by atoms with van der Waals surface area (Å²) in [5.74, 6) is 0.722. The Morgan fingerprint density at radius 3 is 2.73 bits per heavy atom. The van der Waals surface area contributed by atoms with Crippen molar-refractivity contribution in [1.82, 2.24) is 9.66 Å². The highest BCUT2D eigenvalue weighted by Gasteiger charge is 2.07. The zero-order valence-electron chi connectivity index (χ0n) is 12.3. The third-order valence-electron chi connectivity index (χ3n) is 3.30. The summed E-state index contributed by atoms with van der Waals surface area (Å²) >= 11 is 0. The lowest BCUT2D eigenvalue weighted by Gasteiger charge is -2.08. The Kier molecular flexibility index (Phi) is 4.05. The minimum Gasteiger partial charge on any atom is -0.494 e. The number of carbonyl (C=O) groups is 1. The molecule has 5 heteroatoms. The molecule has 3 rings (SSSR count). The number of para-hydroxylation sites is 2. The molecule has 0 unspecified atom stereocenters. The lowest BCUT2D eigenvalue weighted by Crippen LogP contribution is -2.23. The van der Waals surface area contributed by atoms with Gasteiger partial charge in [-0.2, -0.15) is 0 Å². The minimum absolute atomic E-state index is 0.0905. The van der Waals surface area contributed by atoms with Crippen LogP contribution in [0.4, 0.5) is 0 Å². The van der Waals surface area contributed by atoms with E-state index in [1.165, 1.54) is 0 Å². The van der Waals surface area contributed by atoms with E-state index in [4.69, 9.17) is 4.74 Å². The fraction of sp³-hybridized carbons (Fsp3) is 0.176. The van der Waals surface area contributed by atoms with Crippen LogP contribution in [0.3, 0.4) is 0 Å². The van der Waals surface area contributed by atoms with Crippen LogP contribution in [0.5, 0.6) is 5.75 Å². The predicted octanol–water partition coefficient (Wildman–Crippen LogP) is 2.75. The maximum absolute atomic E-state index is 12.1. The SMILES string of the molecule is CCOc1ccc(CC(=O)Nn2cnc3ccccc32)cc1. The van der Waals surface area contributed by atoms with Crippen molar-refractivity contribution in [2.75, 3.05) is 12.0 Å². The van der Waals surface area contributed by atoms with E-state index >= 15 is 0 Å². The van der Waals surface area contributed by atoms with Gasteiger partial charge in [0.05, 0.1) is 24.1 Å². The van der Waals surface area contributed by atoms with E-state index in [0.717, 1.165) is 22.3 Å². The summed E-state index contributed by atoms with van der Waals surface area (Å²) in [6, 6.07) is 15.2. The molecule has 1 N–H and O–H groups in total. The normalized spacial score (nSPS) is 10.6. The summed E-state index contributed by atoms with van der Waals surface area (Å²) < 4.78 is 7.03. The van der Waals surface area contributed by atoms with Crippen LogP contribution >= 0.6 is 0 Å². The molecule has 3 aromatic rings. The van der Waals surface area contributed by atoms with Gasteiger partial charge < -0.3 is 4.74 Å². The number of imidazole rings is 1. The summed E-state index contributed by atoms with van der Waals surface area (Å²) in [4.78, 5) is 16.4. The minimum atomic E-state index is -0.0905. The molecule has 2 aromatic carbocycles. The summed E-state index contributed by atoms with van der Waals surface area (Å²) in [7, 11) is 0. The molecule has 0 saturated heterocycles. The highest BCUT2D eigenvalue weighted by Crippen LogP contribution is 2.13. The van der Waals surface area contributed by atoms with Crippen molar-refractivity contribution in [1.29, 1.82) is 0 Å². The maximum Gasteiger partial charge on any atom is 0.243 e. The zero-order valence-corrected chi connectivity index (χ0v) is 12.3. The van der Waals surface area contributed by atoms with E-state index in [-0.39, 0.29) is 5.91 Å². The van der Waals surface area contributed by atoms with Crippen LogP contribution in [-0.4, -0.2) is 22.2 Å². The fourth-order valence-corrected chi connectivity index (χ4v) is 2.28. The smallest absolute Gasteiger partial charge is 0.243 e. The summed E-state index contributed by atoms with van der Waals surface area (Å²) in [6.45, 7) is 2.57. The standard InChI is InChI=1S/C17H17N3O2/c1-2-22-14-9-7-13(8-10-14)11-17(21)19-20-12-18-15-5-3-4-6-16(15)20/h3-10,12H,2,11H2,1H3,(H,19,21). The lowest BCUT2D eigenvalue weighted by molar-refractivity contribution is -0.116. The number of aromatic nitrogens is 2. The van der Waals surface area contributed by atoms with Crippen molar-refractivity contribution < 1.29 is 9.53 Å². The first-order chi connectivity index (χ1) is 10.8. The summed E-state index contributed by atoms with van der Waals surface area (Å²) in [5, 5.41) is 0. The molecule has 0 atom stereocenters. The Balaban J connectivity index is 1.67. The molecular formula is C17H17N3O2. The first-order valence-electron chi connectivity index (χ1n) is 7.20. The molecule has 0 aliphatic carbocycles. The lowest BCUT2D eigenvalue weighted by atomic mass is 10.1. The van der Waals surface area contributed by atoms with E-state index in [9.17, 15) is 4.79 Å². The van der Waals surface area contributed by atoms with Gasteiger partial charge >= 0.3 is 0 Å². The number of hydrogen-bond acceptors (Lipinski definition) is 3. The number of rotatable bonds is 5.